The van der Waals surface area contributed by atoms with Gasteiger partial charge in [0.1, 0.15) is 0 Å². The molecule has 0 amide bonds. The van der Waals surface area contributed by atoms with Gasteiger partial charge in [-0.1, -0.05) is 0 Å². The fourth-order valence-corrected chi connectivity index (χ4v) is 4.20. The van der Waals surface area contributed by atoms with E-state index in [1.54, 1.807) is 0 Å². The molecule has 2 atom stereocenters. The van der Waals surface area contributed by atoms with Gasteiger partial charge in [0.05, 0.1) is 5.75 Å². The molecule has 2 saturated heterocycles. The van der Waals surface area contributed by atoms with Crippen LogP contribution in [0.5, 0.6) is 0 Å². The smallest absolute Gasteiger partial charge is 0.212 e. The molecule has 2 aliphatic heterocycles. The quantitative estimate of drug-likeness (QED) is 0.684. The second-order valence-electron chi connectivity index (χ2n) is 5.01. The molecule has 94 valence electrons. The van der Waals surface area contributed by atoms with Crippen molar-refractivity contribution in [3.05, 3.63) is 0 Å². The molecule has 0 aromatic carbocycles. The van der Waals surface area contributed by atoms with Gasteiger partial charge < -0.3 is 10.2 Å². The van der Waals surface area contributed by atoms with Crippen LogP contribution < -0.4 is 10.0 Å². The minimum Gasteiger partial charge on any atom is -0.316 e. The van der Waals surface area contributed by atoms with Crippen LogP contribution in [0.1, 0.15) is 12.8 Å². The Morgan fingerprint density at radius 3 is 2.81 bits per heavy atom. The highest BCUT2D eigenvalue weighted by Gasteiger charge is 2.27. The maximum absolute atomic E-state index is 11.9. The Labute approximate surface area is 97.6 Å². The maximum atomic E-state index is 11.9. The Hall–Kier alpha value is -0.170. The van der Waals surface area contributed by atoms with Crippen molar-refractivity contribution < 1.29 is 8.42 Å². The summed E-state index contributed by atoms with van der Waals surface area (Å²) in [5.74, 6) is 0.567. The van der Waals surface area contributed by atoms with Crippen molar-refractivity contribution in [1.29, 1.82) is 0 Å². The fraction of sp³-hybridized carbons (Fsp3) is 1.00. The Morgan fingerprint density at radius 1 is 1.44 bits per heavy atom. The minimum atomic E-state index is -3.09. The van der Waals surface area contributed by atoms with E-state index in [1.165, 1.54) is 0 Å². The lowest BCUT2D eigenvalue weighted by atomic mass is 10.2. The van der Waals surface area contributed by atoms with Crippen LogP contribution in [-0.2, 0) is 10.0 Å². The molecule has 2 fully saturated rings. The molecule has 2 heterocycles. The second-order valence-corrected chi connectivity index (χ2v) is 6.80. The summed E-state index contributed by atoms with van der Waals surface area (Å²) in [5.41, 5.74) is 0. The Bertz CT molecular complexity index is 325. The van der Waals surface area contributed by atoms with Gasteiger partial charge in [-0.05, 0) is 45.4 Å². The van der Waals surface area contributed by atoms with E-state index in [2.05, 4.69) is 14.9 Å². The number of hydrogen-bond acceptors (Lipinski definition) is 4. The van der Waals surface area contributed by atoms with E-state index >= 15 is 0 Å². The second kappa shape index (κ2) is 5.00. The lowest BCUT2D eigenvalue weighted by Crippen LogP contribution is -2.39. The minimum absolute atomic E-state index is 0.115. The van der Waals surface area contributed by atoms with Crippen LogP contribution in [0.2, 0.25) is 0 Å². The molecule has 5 nitrogen and oxygen atoms in total. The number of likely N-dealkylation sites (N-methyl/N-ethyl adjacent to an activating group) is 1. The number of nitrogens with zero attached hydrogens (tertiary/aromatic N) is 1. The van der Waals surface area contributed by atoms with Crippen molar-refractivity contribution in [1.82, 2.24) is 14.9 Å². The predicted octanol–water partition coefficient (Wildman–Crippen LogP) is -0.781. The lowest BCUT2D eigenvalue weighted by molar-refractivity contribution is 0.407. The summed E-state index contributed by atoms with van der Waals surface area (Å²) in [4.78, 5) is 2.16. The lowest BCUT2D eigenvalue weighted by Gasteiger charge is -2.15. The van der Waals surface area contributed by atoms with Gasteiger partial charge in [-0.15, -0.1) is 0 Å². The Balaban J connectivity index is 1.82. The first kappa shape index (κ1) is 12.3. The van der Waals surface area contributed by atoms with Crippen LogP contribution in [0.3, 0.4) is 0 Å². The summed E-state index contributed by atoms with van der Waals surface area (Å²) < 4.78 is 26.6. The summed E-state index contributed by atoms with van der Waals surface area (Å²) in [6.07, 6.45) is 1.91. The van der Waals surface area contributed by atoms with Gasteiger partial charge in [0, 0.05) is 12.6 Å². The number of likely N-dealkylation sites (tertiary alicyclic amines) is 1. The largest absolute Gasteiger partial charge is 0.316 e. The first-order valence-electron chi connectivity index (χ1n) is 5.94. The summed E-state index contributed by atoms with van der Waals surface area (Å²) >= 11 is 0. The maximum Gasteiger partial charge on any atom is 0.212 e. The number of rotatable bonds is 4. The molecule has 0 radical (unpaired) electrons. The van der Waals surface area contributed by atoms with Crippen LogP contribution in [0.25, 0.3) is 0 Å². The molecule has 2 aliphatic rings. The van der Waals surface area contributed by atoms with Gasteiger partial charge >= 0.3 is 0 Å². The zero-order chi connectivity index (χ0) is 11.6. The van der Waals surface area contributed by atoms with Gasteiger partial charge in [0.25, 0.3) is 0 Å². The van der Waals surface area contributed by atoms with Gasteiger partial charge in [-0.25, -0.2) is 13.1 Å². The zero-order valence-electron chi connectivity index (χ0n) is 9.78. The number of nitrogens with one attached hydrogen (secondary N) is 2. The molecule has 0 aromatic heterocycles. The molecule has 0 spiro atoms. The molecule has 0 bridgehead atoms. The summed E-state index contributed by atoms with van der Waals surface area (Å²) in [7, 11) is -1.07. The molecular formula is C10H21N3O2S. The topological polar surface area (TPSA) is 61.4 Å². The highest BCUT2D eigenvalue weighted by Crippen LogP contribution is 2.12. The van der Waals surface area contributed by atoms with E-state index in [0.29, 0.717) is 0 Å². The first-order valence-corrected chi connectivity index (χ1v) is 7.60. The SMILES string of the molecule is CN1CCC(NS(=O)(=O)CC2CCNC2)C1. The Morgan fingerprint density at radius 2 is 2.25 bits per heavy atom. The van der Waals surface area contributed by atoms with E-state index in [-0.39, 0.29) is 17.7 Å². The fourth-order valence-electron chi connectivity index (χ4n) is 2.50. The summed E-state index contributed by atoms with van der Waals surface area (Å²) in [6, 6.07) is 0.115. The third-order valence-corrected chi connectivity index (χ3v) is 4.96. The van der Waals surface area contributed by atoms with Crippen molar-refractivity contribution >= 4 is 10.0 Å². The van der Waals surface area contributed by atoms with Crippen LogP contribution >= 0.6 is 0 Å². The zero-order valence-corrected chi connectivity index (χ0v) is 10.6. The van der Waals surface area contributed by atoms with Crippen molar-refractivity contribution in [3.63, 3.8) is 0 Å². The van der Waals surface area contributed by atoms with Crippen LogP contribution in [0.4, 0.5) is 0 Å². The third-order valence-electron chi connectivity index (χ3n) is 3.36. The Kier molecular flexibility index (Phi) is 3.84. The molecule has 0 aliphatic carbocycles. The van der Waals surface area contributed by atoms with Crippen molar-refractivity contribution in [2.24, 2.45) is 5.92 Å². The van der Waals surface area contributed by atoms with Gasteiger partial charge in [-0.2, -0.15) is 0 Å². The van der Waals surface area contributed by atoms with Crippen LogP contribution in [0.15, 0.2) is 0 Å². The predicted molar refractivity (Wildman–Crippen MR) is 63.8 cm³/mol. The monoisotopic (exact) mass is 247 g/mol. The van der Waals surface area contributed by atoms with Crippen molar-refractivity contribution in [2.45, 2.75) is 18.9 Å². The standard InChI is InChI=1S/C10H21N3O2S/c1-13-5-3-10(7-13)12-16(14,15)8-9-2-4-11-6-9/h9-12H,2-8H2,1H3. The van der Waals surface area contributed by atoms with Gasteiger partial charge in [-0.3, -0.25) is 0 Å². The number of sulfonamides is 1. The molecule has 2 unspecified atom stereocenters. The van der Waals surface area contributed by atoms with Gasteiger partial charge in [0.15, 0.2) is 0 Å². The molecule has 16 heavy (non-hydrogen) atoms. The van der Waals surface area contributed by atoms with Crippen molar-refractivity contribution in [2.75, 3.05) is 39.0 Å². The average molecular weight is 247 g/mol. The highest BCUT2D eigenvalue weighted by molar-refractivity contribution is 7.89. The molecule has 0 saturated carbocycles. The average Bonchev–Trinajstić information content (AvgIpc) is 2.76. The highest BCUT2D eigenvalue weighted by atomic mass is 32.2. The summed E-state index contributed by atoms with van der Waals surface area (Å²) in [6.45, 7) is 3.61. The number of hydrogen-bond donors (Lipinski definition) is 2. The van der Waals surface area contributed by atoms with Gasteiger partial charge in [0.2, 0.25) is 10.0 Å². The van der Waals surface area contributed by atoms with E-state index in [9.17, 15) is 8.42 Å². The van der Waals surface area contributed by atoms with E-state index < -0.39 is 10.0 Å². The van der Waals surface area contributed by atoms with Crippen molar-refractivity contribution in [3.8, 4) is 0 Å². The molecular weight excluding hydrogens is 226 g/mol. The normalized spacial score (nSPS) is 32.3. The molecule has 6 heteroatoms. The molecule has 2 N–H and O–H groups in total. The van der Waals surface area contributed by atoms with Crippen LogP contribution in [-0.4, -0.2) is 58.3 Å². The first-order chi connectivity index (χ1) is 7.55. The third kappa shape index (κ3) is 3.41. The van der Waals surface area contributed by atoms with E-state index in [4.69, 9.17) is 0 Å². The van der Waals surface area contributed by atoms with E-state index in [0.717, 1.165) is 39.0 Å². The van der Waals surface area contributed by atoms with Crippen LogP contribution in [0, 0.1) is 5.92 Å². The van der Waals surface area contributed by atoms with E-state index in [1.807, 2.05) is 7.05 Å². The molecule has 0 aromatic rings. The summed E-state index contributed by atoms with van der Waals surface area (Å²) in [5, 5.41) is 3.20. The molecule has 2 rings (SSSR count).